The molecule has 0 aliphatic rings. The Labute approximate surface area is 96.7 Å². The fourth-order valence-electron chi connectivity index (χ4n) is 1.79. The van der Waals surface area contributed by atoms with E-state index in [9.17, 15) is 8.42 Å². The molecule has 6 heteroatoms. The summed E-state index contributed by atoms with van der Waals surface area (Å²) in [5.41, 5.74) is 0. The predicted octanol–water partition coefficient (Wildman–Crippen LogP) is 1.51. The smallest absolute Gasteiger partial charge is 0.243 e. The van der Waals surface area contributed by atoms with Crippen molar-refractivity contribution in [3.05, 3.63) is 12.4 Å². The zero-order chi connectivity index (χ0) is 12.2. The Kier molecular flexibility index (Phi) is 4.49. The Morgan fingerprint density at radius 3 is 2.50 bits per heavy atom. The second-order valence-corrected chi connectivity index (χ2v) is 5.63. The Hall–Kier alpha value is -0.880. The number of rotatable bonds is 6. The Bertz CT molecular complexity index is 396. The maximum Gasteiger partial charge on any atom is 0.243 e. The first-order valence-corrected chi connectivity index (χ1v) is 7.00. The van der Waals surface area contributed by atoms with E-state index >= 15 is 0 Å². The summed E-state index contributed by atoms with van der Waals surface area (Å²) in [6, 6.07) is -0.0603. The molecule has 2 N–H and O–H groups in total. The van der Waals surface area contributed by atoms with Gasteiger partial charge in [-0.2, -0.15) is 5.10 Å². The highest BCUT2D eigenvalue weighted by Gasteiger charge is 2.22. The third-order valence-corrected chi connectivity index (χ3v) is 4.41. The molecule has 5 nitrogen and oxygen atoms in total. The lowest BCUT2D eigenvalue weighted by molar-refractivity contribution is 0.391. The summed E-state index contributed by atoms with van der Waals surface area (Å²) in [5, 5.41) is 6.13. The van der Waals surface area contributed by atoms with E-state index in [4.69, 9.17) is 0 Å². The molecule has 1 aromatic heterocycles. The van der Waals surface area contributed by atoms with Crippen molar-refractivity contribution in [2.24, 2.45) is 5.92 Å². The lowest BCUT2D eigenvalue weighted by Gasteiger charge is -2.21. The first-order valence-electron chi connectivity index (χ1n) is 5.52. The van der Waals surface area contributed by atoms with Crippen molar-refractivity contribution in [3.8, 4) is 0 Å². The van der Waals surface area contributed by atoms with Crippen LogP contribution in [0.5, 0.6) is 0 Å². The van der Waals surface area contributed by atoms with E-state index in [0.29, 0.717) is 5.92 Å². The molecule has 1 rings (SSSR count). The number of aromatic amines is 1. The van der Waals surface area contributed by atoms with Crippen LogP contribution in [0.3, 0.4) is 0 Å². The molecule has 0 aliphatic carbocycles. The Morgan fingerprint density at radius 1 is 1.44 bits per heavy atom. The molecule has 0 saturated carbocycles. The van der Waals surface area contributed by atoms with E-state index in [0.717, 1.165) is 12.8 Å². The van der Waals surface area contributed by atoms with E-state index in [1.807, 2.05) is 6.92 Å². The van der Waals surface area contributed by atoms with E-state index < -0.39 is 10.0 Å². The van der Waals surface area contributed by atoms with Crippen LogP contribution in [-0.4, -0.2) is 24.7 Å². The van der Waals surface area contributed by atoms with Crippen LogP contribution in [-0.2, 0) is 10.0 Å². The number of nitrogens with zero attached hydrogens (tertiary/aromatic N) is 1. The van der Waals surface area contributed by atoms with Gasteiger partial charge in [0, 0.05) is 12.2 Å². The zero-order valence-corrected chi connectivity index (χ0v) is 10.7. The maximum atomic E-state index is 11.9. The van der Waals surface area contributed by atoms with Crippen LogP contribution in [0.2, 0.25) is 0 Å². The zero-order valence-electron chi connectivity index (χ0n) is 9.90. The number of H-pyrrole nitrogens is 1. The molecule has 0 aromatic carbocycles. The summed E-state index contributed by atoms with van der Waals surface area (Å²) < 4.78 is 26.4. The third-order valence-electron chi connectivity index (χ3n) is 2.88. The first-order chi connectivity index (χ1) is 7.51. The van der Waals surface area contributed by atoms with Crippen molar-refractivity contribution in [1.29, 1.82) is 0 Å². The molecule has 1 unspecified atom stereocenters. The van der Waals surface area contributed by atoms with E-state index in [-0.39, 0.29) is 10.9 Å². The minimum atomic E-state index is -3.43. The predicted molar refractivity (Wildman–Crippen MR) is 62.4 cm³/mol. The molecule has 0 spiro atoms. The highest BCUT2D eigenvalue weighted by Crippen LogP contribution is 2.15. The lowest BCUT2D eigenvalue weighted by atomic mass is 9.96. The van der Waals surface area contributed by atoms with Crippen molar-refractivity contribution < 1.29 is 8.42 Å². The van der Waals surface area contributed by atoms with Crippen LogP contribution in [0.4, 0.5) is 0 Å². The highest BCUT2D eigenvalue weighted by molar-refractivity contribution is 7.89. The topological polar surface area (TPSA) is 74.8 Å². The van der Waals surface area contributed by atoms with Crippen LogP contribution in [0, 0.1) is 5.92 Å². The largest absolute Gasteiger partial charge is 0.284 e. The van der Waals surface area contributed by atoms with Crippen molar-refractivity contribution in [3.63, 3.8) is 0 Å². The van der Waals surface area contributed by atoms with Gasteiger partial charge in [0.1, 0.15) is 4.90 Å². The minimum Gasteiger partial charge on any atom is -0.284 e. The molecule has 1 aromatic rings. The number of hydrogen-bond acceptors (Lipinski definition) is 3. The van der Waals surface area contributed by atoms with Gasteiger partial charge in [0.2, 0.25) is 10.0 Å². The van der Waals surface area contributed by atoms with Gasteiger partial charge >= 0.3 is 0 Å². The van der Waals surface area contributed by atoms with Gasteiger partial charge in [-0.15, -0.1) is 0 Å². The molecule has 16 heavy (non-hydrogen) atoms. The second-order valence-electron chi connectivity index (χ2n) is 3.92. The Morgan fingerprint density at radius 2 is 2.06 bits per heavy atom. The minimum absolute atomic E-state index is 0.0603. The summed E-state index contributed by atoms with van der Waals surface area (Å²) in [4.78, 5) is 0.185. The van der Waals surface area contributed by atoms with Crippen molar-refractivity contribution in [2.75, 3.05) is 0 Å². The van der Waals surface area contributed by atoms with Gasteiger partial charge in [0.25, 0.3) is 0 Å². The quantitative estimate of drug-likeness (QED) is 0.797. The maximum absolute atomic E-state index is 11.9. The average Bonchev–Trinajstić information content (AvgIpc) is 2.71. The molecule has 0 fully saturated rings. The van der Waals surface area contributed by atoms with Crippen LogP contribution in [0.15, 0.2) is 17.3 Å². The summed E-state index contributed by atoms with van der Waals surface area (Å²) >= 11 is 0. The first kappa shape index (κ1) is 13.2. The summed E-state index contributed by atoms with van der Waals surface area (Å²) in [6.07, 6.45) is 4.61. The summed E-state index contributed by atoms with van der Waals surface area (Å²) in [7, 11) is -3.43. The normalized spacial score (nSPS) is 14.2. The van der Waals surface area contributed by atoms with Gasteiger partial charge in [0.05, 0.1) is 6.20 Å². The number of hydrogen-bond donors (Lipinski definition) is 2. The second kappa shape index (κ2) is 5.45. The van der Waals surface area contributed by atoms with Gasteiger partial charge in [-0.05, 0) is 12.8 Å². The van der Waals surface area contributed by atoms with Crippen LogP contribution in [0.25, 0.3) is 0 Å². The van der Waals surface area contributed by atoms with Gasteiger partial charge in [0.15, 0.2) is 0 Å². The van der Waals surface area contributed by atoms with Crippen molar-refractivity contribution >= 4 is 10.0 Å². The average molecular weight is 245 g/mol. The van der Waals surface area contributed by atoms with Crippen molar-refractivity contribution in [1.82, 2.24) is 14.9 Å². The number of nitrogens with one attached hydrogen (secondary N) is 2. The summed E-state index contributed by atoms with van der Waals surface area (Å²) in [6.45, 7) is 6.03. The highest BCUT2D eigenvalue weighted by atomic mass is 32.2. The molecule has 1 heterocycles. The van der Waals surface area contributed by atoms with E-state index in [1.54, 1.807) is 0 Å². The number of aromatic nitrogens is 2. The van der Waals surface area contributed by atoms with Gasteiger partial charge in [-0.25, -0.2) is 13.1 Å². The molecule has 0 aliphatic heterocycles. The van der Waals surface area contributed by atoms with Crippen LogP contribution < -0.4 is 4.72 Å². The van der Waals surface area contributed by atoms with Gasteiger partial charge in [-0.3, -0.25) is 5.10 Å². The molecule has 0 amide bonds. The van der Waals surface area contributed by atoms with Gasteiger partial charge < -0.3 is 0 Å². The van der Waals surface area contributed by atoms with E-state index in [2.05, 4.69) is 28.8 Å². The van der Waals surface area contributed by atoms with E-state index in [1.165, 1.54) is 12.4 Å². The monoisotopic (exact) mass is 245 g/mol. The lowest BCUT2D eigenvalue weighted by Crippen LogP contribution is -2.37. The fraction of sp³-hybridized carbons (Fsp3) is 0.700. The standard InChI is InChI=1S/C10H19N3O2S/c1-4-9(5-2)8(3)13-16(14,15)10-6-11-12-7-10/h6-9,13H,4-5H2,1-3H3,(H,11,12). The SMILES string of the molecule is CCC(CC)C(C)NS(=O)(=O)c1cn[nH]c1. The molecule has 92 valence electrons. The number of sulfonamides is 1. The van der Waals surface area contributed by atoms with Gasteiger partial charge in [-0.1, -0.05) is 26.7 Å². The molecular formula is C10H19N3O2S. The molecule has 1 atom stereocenters. The third kappa shape index (κ3) is 3.05. The molecule has 0 bridgehead atoms. The van der Waals surface area contributed by atoms with Crippen LogP contribution in [0.1, 0.15) is 33.6 Å². The summed E-state index contributed by atoms with van der Waals surface area (Å²) in [5.74, 6) is 0.363. The molecular weight excluding hydrogens is 226 g/mol. The molecule has 0 radical (unpaired) electrons. The Balaban J connectivity index is 2.74. The molecule has 0 saturated heterocycles. The van der Waals surface area contributed by atoms with Crippen LogP contribution >= 0.6 is 0 Å². The fourth-order valence-corrected chi connectivity index (χ4v) is 3.01. The van der Waals surface area contributed by atoms with Crippen molar-refractivity contribution in [2.45, 2.75) is 44.6 Å².